The van der Waals surface area contributed by atoms with E-state index in [1.54, 1.807) is 17.8 Å². The minimum atomic E-state index is 0.0133. The molecule has 2 aliphatic carbocycles. The Balaban J connectivity index is 1.70. The molecule has 0 bridgehead atoms. The molecule has 1 aromatic rings. The van der Waals surface area contributed by atoms with Gasteiger partial charge < -0.3 is 5.32 Å². The van der Waals surface area contributed by atoms with Gasteiger partial charge in [-0.3, -0.25) is 4.79 Å². The molecule has 0 radical (unpaired) electrons. The van der Waals surface area contributed by atoms with Gasteiger partial charge in [-0.15, -0.1) is 11.8 Å². The number of hydrogen-bond donors (Lipinski definition) is 1. The summed E-state index contributed by atoms with van der Waals surface area (Å²) in [5, 5.41) is 5.04. The summed E-state index contributed by atoms with van der Waals surface area (Å²) in [5.74, 6) is 0.0133. The average Bonchev–Trinajstić information content (AvgIpc) is 2.57. The monoisotopic (exact) mass is 352 g/mol. The van der Waals surface area contributed by atoms with E-state index in [1.165, 1.54) is 51.4 Å². The highest BCUT2D eigenvalue weighted by Crippen LogP contribution is 2.35. The van der Waals surface area contributed by atoms with Crippen LogP contribution in [0.4, 0.5) is 0 Å². The van der Waals surface area contributed by atoms with Crippen molar-refractivity contribution in [2.24, 2.45) is 0 Å². The van der Waals surface area contributed by atoms with Gasteiger partial charge in [0.1, 0.15) is 10.2 Å². The fraction of sp³-hybridized carbons (Fsp3) is 0.667. The third-order valence-electron chi connectivity index (χ3n) is 4.84. The minimum Gasteiger partial charge on any atom is -0.349 e. The summed E-state index contributed by atoms with van der Waals surface area (Å²) in [6.45, 7) is 0. The highest BCUT2D eigenvalue weighted by molar-refractivity contribution is 7.99. The summed E-state index contributed by atoms with van der Waals surface area (Å²) in [4.78, 5) is 17.1. The van der Waals surface area contributed by atoms with Crippen LogP contribution in [0.2, 0.25) is 5.15 Å². The van der Waals surface area contributed by atoms with E-state index in [9.17, 15) is 4.79 Å². The molecule has 1 aromatic heterocycles. The van der Waals surface area contributed by atoms with Crippen molar-refractivity contribution in [3.05, 3.63) is 22.8 Å². The fourth-order valence-corrected chi connectivity index (χ4v) is 5.05. The molecule has 2 fully saturated rings. The molecule has 5 heteroatoms. The Morgan fingerprint density at radius 3 is 2.39 bits per heavy atom. The summed E-state index contributed by atoms with van der Waals surface area (Å²) in [6.07, 6.45) is 12.2. The molecule has 0 aliphatic heterocycles. The van der Waals surface area contributed by atoms with Crippen molar-refractivity contribution in [3.63, 3.8) is 0 Å². The summed E-state index contributed by atoms with van der Waals surface area (Å²) in [6, 6.07) is 3.88. The number of carbonyl (C=O) groups is 1. The SMILES string of the molecule is O=C(NC1CCCCC1)c1ccc(Cl)nc1SC1CCCCC1. The molecule has 126 valence electrons. The van der Waals surface area contributed by atoms with Crippen molar-refractivity contribution in [1.82, 2.24) is 10.3 Å². The normalized spacial score (nSPS) is 20.4. The summed E-state index contributed by atoms with van der Waals surface area (Å²) in [5.41, 5.74) is 0.690. The van der Waals surface area contributed by atoms with Crippen molar-refractivity contribution < 1.29 is 4.79 Å². The van der Waals surface area contributed by atoms with Crippen LogP contribution in [0.25, 0.3) is 0 Å². The van der Waals surface area contributed by atoms with Crippen LogP contribution in [0.5, 0.6) is 0 Å². The maximum absolute atomic E-state index is 12.7. The molecule has 0 saturated heterocycles. The molecule has 3 rings (SSSR count). The van der Waals surface area contributed by atoms with Crippen molar-refractivity contribution in [2.75, 3.05) is 0 Å². The maximum Gasteiger partial charge on any atom is 0.254 e. The first-order valence-corrected chi connectivity index (χ1v) is 10.1. The van der Waals surface area contributed by atoms with Gasteiger partial charge in [0.2, 0.25) is 0 Å². The van der Waals surface area contributed by atoms with Crippen LogP contribution in [0.1, 0.15) is 74.6 Å². The predicted molar refractivity (Wildman–Crippen MR) is 96.3 cm³/mol. The Hall–Kier alpha value is -0.740. The van der Waals surface area contributed by atoms with E-state index in [0.29, 0.717) is 22.0 Å². The lowest BCUT2D eigenvalue weighted by atomic mass is 9.95. The van der Waals surface area contributed by atoms with E-state index in [4.69, 9.17) is 11.6 Å². The number of amides is 1. The number of pyridine rings is 1. The molecule has 2 aliphatic rings. The number of aromatic nitrogens is 1. The first-order valence-electron chi connectivity index (χ1n) is 8.86. The van der Waals surface area contributed by atoms with Crippen LogP contribution >= 0.6 is 23.4 Å². The van der Waals surface area contributed by atoms with Crippen LogP contribution in [0.3, 0.4) is 0 Å². The molecule has 0 spiro atoms. The van der Waals surface area contributed by atoms with Crippen molar-refractivity contribution in [2.45, 2.75) is 80.5 Å². The summed E-state index contributed by atoms with van der Waals surface area (Å²) < 4.78 is 0. The second-order valence-corrected chi connectivity index (χ2v) is 8.35. The Labute approximate surface area is 148 Å². The Morgan fingerprint density at radius 2 is 1.70 bits per heavy atom. The Kier molecular flexibility index (Phi) is 6.23. The van der Waals surface area contributed by atoms with Crippen molar-refractivity contribution in [1.29, 1.82) is 0 Å². The number of halogens is 1. The second-order valence-electron chi connectivity index (χ2n) is 6.67. The molecule has 3 nitrogen and oxygen atoms in total. The molecule has 0 aromatic carbocycles. The Morgan fingerprint density at radius 1 is 1.04 bits per heavy atom. The third-order valence-corrected chi connectivity index (χ3v) is 6.39. The van der Waals surface area contributed by atoms with E-state index in [-0.39, 0.29) is 5.91 Å². The van der Waals surface area contributed by atoms with Gasteiger partial charge in [-0.1, -0.05) is 50.1 Å². The topological polar surface area (TPSA) is 42.0 Å². The van der Waals surface area contributed by atoms with Crippen molar-refractivity contribution >= 4 is 29.3 Å². The standard InChI is InChI=1S/C18H25ClN2OS/c19-16-12-11-15(17(22)20-13-7-3-1-4-8-13)18(21-16)23-14-9-5-2-6-10-14/h11-14H,1-10H2,(H,20,22). The molecular formula is C18H25ClN2OS. The Bertz CT molecular complexity index is 540. The number of rotatable bonds is 4. The average molecular weight is 353 g/mol. The molecule has 0 unspecified atom stereocenters. The lowest BCUT2D eigenvalue weighted by Crippen LogP contribution is -2.36. The zero-order chi connectivity index (χ0) is 16.1. The van der Waals surface area contributed by atoms with E-state index in [1.807, 2.05) is 6.07 Å². The highest BCUT2D eigenvalue weighted by Gasteiger charge is 2.22. The van der Waals surface area contributed by atoms with E-state index in [0.717, 1.165) is 17.9 Å². The zero-order valence-electron chi connectivity index (χ0n) is 13.5. The van der Waals surface area contributed by atoms with Gasteiger partial charge >= 0.3 is 0 Å². The van der Waals surface area contributed by atoms with Crippen molar-refractivity contribution in [3.8, 4) is 0 Å². The molecule has 23 heavy (non-hydrogen) atoms. The van der Waals surface area contributed by atoms with Gasteiger partial charge in [-0.25, -0.2) is 4.98 Å². The van der Waals surface area contributed by atoms with Crippen LogP contribution < -0.4 is 5.32 Å². The number of carbonyl (C=O) groups excluding carboxylic acids is 1. The number of nitrogens with zero attached hydrogens (tertiary/aromatic N) is 1. The number of hydrogen-bond acceptors (Lipinski definition) is 3. The van der Waals surface area contributed by atoms with E-state index >= 15 is 0 Å². The van der Waals surface area contributed by atoms with Crippen LogP contribution in [0.15, 0.2) is 17.2 Å². The van der Waals surface area contributed by atoms with Gasteiger partial charge in [0.25, 0.3) is 5.91 Å². The zero-order valence-corrected chi connectivity index (χ0v) is 15.1. The minimum absolute atomic E-state index is 0.0133. The highest BCUT2D eigenvalue weighted by atomic mass is 35.5. The quantitative estimate of drug-likeness (QED) is 0.755. The van der Waals surface area contributed by atoms with Crippen LogP contribution in [-0.2, 0) is 0 Å². The molecular weight excluding hydrogens is 328 g/mol. The smallest absolute Gasteiger partial charge is 0.254 e. The third kappa shape index (κ3) is 4.87. The molecule has 1 N–H and O–H groups in total. The van der Waals surface area contributed by atoms with Gasteiger partial charge in [-0.2, -0.15) is 0 Å². The molecule has 0 atom stereocenters. The van der Waals surface area contributed by atoms with Gasteiger partial charge in [0.15, 0.2) is 0 Å². The first-order chi connectivity index (χ1) is 11.2. The molecule has 2 saturated carbocycles. The fourth-order valence-electron chi connectivity index (χ4n) is 3.53. The molecule has 1 amide bonds. The van der Waals surface area contributed by atoms with Crippen LogP contribution in [-0.4, -0.2) is 22.2 Å². The molecule has 1 heterocycles. The summed E-state index contributed by atoms with van der Waals surface area (Å²) >= 11 is 7.81. The van der Waals surface area contributed by atoms with E-state index in [2.05, 4.69) is 10.3 Å². The van der Waals surface area contributed by atoms with Gasteiger partial charge in [0.05, 0.1) is 5.56 Å². The lowest BCUT2D eigenvalue weighted by Gasteiger charge is -2.24. The second kappa shape index (κ2) is 8.39. The van der Waals surface area contributed by atoms with Gasteiger partial charge in [0, 0.05) is 11.3 Å². The van der Waals surface area contributed by atoms with Gasteiger partial charge in [-0.05, 0) is 37.8 Å². The lowest BCUT2D eigenvalue weighted by molar-refractivity contribution is 0.0924. The largest absolute Gasteiger partial charge is 0.349 e. The van der Waals surface area contributed by atoms with E-state index < -0.39 is 0 Å². The summed E-state index contributed by atoms with van der Waals surface area (Å²) in [7, 11) is 0. The van der Waals surface area contributed by atoms with Crippen LogP contribution in [0, 0.1) is 0 Å². The number of nitrogens with one attached hydrogen (secondary N) is 1. The first kappa shape index (κ1) is 17.1. The number of thioether (sulfide) groups is 1. The predicted octanol–water partition coefficient (Wildman–Crippen LogP) is 5.22. The maximum atomic E-state index is 12.7.